The lowest BCUT2D eigenvalue weighted by Gasteiger charge is -2.35. The summed E-state index contributed by atoms with van der Waals surface area (Å²) in [6.07, 6.45) is 2.55. The first-order valence-electron chi connectivity index (χ1n) is 27.4. The number of alkyl halides is 5. The Labute approximate surface area is 573 Å². The van der Waals surface area contributed by atoms with Crippen molar-refractivity contribution < 1.29 is 88.8 Å². The summed E-state index contributed by atoms with van der Waals surface area (Å²) in [5, 5.41) is 28.4. The van der Waals surface area contributed by atoms with Crippen LogP contribution in [-0.2, 0) is 41.2 Å². The lowest BCUT2D eigenvalue weighted by atomic mass is 10.1. The Morgan fingerprint density at radius 1 is 0.906 bits per heavy atom. The zero-order valence-corrected chi connectivity index (χ0v) is 58.9. The van der Waals surface area contributed by atoms with Crippen molar-refractivity contribution in [2.75, 3.05) is 101 Å². The van der Waals surface area contributed by atoms with E-state index >= 15 is 0 Å². The topological polar surface area (TPSA) is 416 Å². The molecule has 528 valence electrons. The highest BCUT2D eigenvalue weighted by Gasteiger charge is 2.33. The number of hydrogen-bond donors (Lipinski definition) is 7. The number of carboxylic acid groups (broad SMARTS) is 1. The summed E-state index contributed by atoms with van der Waals surface area (Å²) in [5.41, 5.74) is -0.620. The van der Waals surface area contributed by atoms with Gasteiger partial charge in [-0.05, 0) is 106 Å². The fourth-order valence-electron chi connectivity index (χ4n) is 6.80. The summed E-state index contributed by atoms with van der Waals surface area (Å²) in [7, 11) is -2.56. The number of nitro groups is 1. The van der Waals surface area contributed by atoms with Gasteiger partial charge >= 0.3 is 23.9 Å². The summed E-state index contributed by atoms with van der Waals surface area (Å²) in [6, 6.07) is 16.8. The predicted molar refractivity (Wildman–Crippen MR) is 355 cm³/mol. The van der Waals surface area contributed by atoms with E-state index in [1.165, 1.54) is 75.8 Å². The van der Waals surface area contributed by atoms with E-state index in [1.54, 1.807) is 16.5 Å². The normalized spacial score (nSPS) is 12.7. The average Bonchev–Trinajstić information content (AvgIpc) is 0.812. The number of ether oxygens (including phenoxy) is 5. The van der Waals surface area contributed by atoms with Gasteiger partial charge in [-0.3, -0.25) is 35.1 Å². The molecule has 7 N–H and O–H groups in total. The van der Waals surface area contributed by atoms with Crippen molar-refractivity contribution in [3.8, 4) is 34.8 Å². The van der Waals surface area contributed by atoms with Gasteiger partial charge in [0.1, 0.15) is 31.5 Å². The molecule has 0 saturated heterocycles. The highest BCUT2D eigenvalue weighted by Crippen LogP contribution is 2.39. The molecule has 1 aliphatic heterocycles. The number of nitrogens with zero attached hydrogens (tertiary/aromatic N) is 9. The summed E-state index contributed by atoms with van der Waals surface area (Å²) < 4.78 is 101. The van der Waals surface area contributed by atoms with Crippen molar-refractivity contribution in [1.82, 2.24) is 44.8 Å². The number of carboxylic acids is 1. The number of para-hydroxylation sites is 2. The van der Waals surface area contributed by atoms with Crippen molar-refractivity contribution in [3.05, 3.63) is 117 Å². The van der Waals surface area contributed by atoms with Crippen LogP contribution in [0.25, 0.3) is 0 Å². The lowest BCUT2D eigenvalue weighted by Crippen LogP contribution is -2.47. The van der Waals surface area contributed by atoms with Gasteiger partial charge in [0.15, 0.2) is 9.86 Å². The van der Waals surface area contributed by atoms with Crippen molar-refractivity contribution in [2.45, 2.75) is 62.7 Å². The number of pyridine rings is 1. The van der Waals surface area contributed by atoms with Gasteiger partial charge < -0.3 is 63.6 Å². The molecule has 0 fully saturated rings. The lowest BCUT2D eigenvalue weighted by molar-refractivity contribution is -0.385. The molecule has 0 radical (unpaired) electrons. The third-order valence-corrected chi connectivity index (χ3v) is 13.3. The van der Waals surface area contributed by atoms with Crippen LogP contribution in [0.3, 0.4) is 0 Å². The minimum Gasteiger partial charge on any atom is -0.778 e. The highest BCUT2D eigenvalue weighted by atomic mass is 35.5. The number of halogens is 7. The van der Waals surface area contributed by atoms with Crippen LogP contribution in [0.15, 0.2) is 90.1 Å². The van der Waals surface area contributed by atoms with Gasteiger partial charge in [-0.1, -0.05) is 46.9 Å². The maximum Gasteiger partial charge on any atom is 0.416 e. The standard InChI is InChI=1S/C15H11ClF3NO4.C15H18N6O6S.C11H11Cl2NO2.C8H14ClN5.C3H8NO5P.C3H9S/c1-2-23-14-8-10(4-5-12(14)20(21)22)24-13-6-3-9(7-11(13)16)15(17,18)19;1-21(2)13(22)9-6-5-7-16-12(9)28(24,25)20-15(23)19-14-17-10(26-3)8-11(18-14)27-4;1-7-6-16-9-5-3-2-4-8(9)14(7)11(15)10(12)13;1-4-10-7-12-6(9)13-8(14-7)11-5(2)3;5-3(6)1-4-2-10(7,8)9;1-4(2)3/h3-8H,2H2,1H3;5-8H,1-4H3,(H2,17,18,19,20,23);2-5,7,10H,6H2,1H3;5H,4H2,1-3H3,(H2,10,11,12,13,14);4H,1-2H2,(H,5,6)(H2,7,8,9);1-3H3/q;;;;;+1/p-1. The number of amides is 4. The number of carbonyl (C=O) groups is 4. The van der Waals surface area contributed by atoms with Gasteiger partial charge in [0, 0.05) is 45.0 Å². The first-order chi connectivity index (χ1) is 44.8. The molecule has 2 atom stereocenters. The van der Waals surface area contributed by atoms with E-state index in [0.29, 0.717) is 35.1 Å². The number of fused-ring (bicyclic) bond motifs is 1. The van der Waals surface area contributed by atoms with Crippen LogP contribution in [0.5, 0.6) is 34.8 Å². The minimum absolute atomic E-state index is 0.0111. The smallest absolute Gasteiger partial charge is 0.416 e. The number of urea groups is 1. The number of aromatic nitrogens is 6. The monoisotopic (exact) mass is 1490 g/mol. The molecule has 41 heteroatoms. The quantitative estimate of drug-likeness (QED) is 0.0124. The molecule has 6 aromatic rings. The Morgan fingerprint density at radius 3 is 2.04 bits per heavy atom. The van der Waals surface area contributed by atoms with Crippen LogP contribution in [0.1, 0.15) is 50.5 Å². The molecule has 4 amide bonds. The molecule has 0 spiro atoms. The number of methoxy groups -OCH3 is 2. The number of carbonyl (C=O) groups excluding carboxylic acids is 3. The largest absolute Gasteiger partial charge is 0.778 e. The molecule has 1 aliphatic rings. The zero-order chi connectivity index (χ0) is 72.8. The van der Waals surface area contributed by atoms with Crippen LogP contribution in [0.2, 0.25) is 10.3 Å². The van der Waals surface area contributed by atoms with Crippen LogP contribution in [-0.4, -0.2) is 179 Å². The minimum atomic E-state index is -4.52. The molecule has 0 saturated carbocycles. The second-order valence-electron chi connectivity index (χ2n) is 19.5. The Morgan fingerprint density at radius 2 is 1.52 bits per heavy atom. The van der Waals surface area contributed by atoms with Crippen molar-refractivity contribution in [1.29, 1.82) is 0 Å². The predicted octanol–water partition coefficient (Wildman–Crippen LogP) is 8.60. The van der Waals surface area contributed by atoms with E-state index in [9.17, 15) is 60.3 Å². The van der Waals surface area contributed by atoms with E-state index in [2.05, 4.69) is 64.6 Å². The van der Waals surface area contributed by atoms with Crippen LogP contribution in [0, 0.1) is 10.1 Å². The summed E-state index contributed by atoms with van der Waals surface area (Å²) >= 11 is 22.8. The summed E-state index contributed by atoms with van der Waals surface area (Å²) in [6.45, 7) is 10.4. The number of aliphatic carboxylic acids is 1. The van der Waals surface area contributed by atoms with Gasteiger partial charge in [-0.2, -0.15) is 46.5 Å². The highest BCUT2D eigenvalue weighted by molar-refractivity contribution is 7.94. The SMILES string of the molecule is CC1COc2ccccc2N1C(=O)C(Cl)Cl.CCNc1nc(Cl)nc(NC(C)C)n1.CCOc1cc(Oc2ccc(C(F)(F)F)cc2Cl)ccc1[N+](=O)[O-].COc1cc(OC)nc(NC(=O)NS(=O)(=O)c2ncccc2C(=O)N(C)C)n1.C[S+](C)C.O=C(O)CNCP(=O)([O-])O. The number of nitrogens with one attached hydrogen (secondary N) is 5. The fourth-order valence-corrected chi connectivity index (χ4v) is 8.82. The summed E-state index contributed by atoms with van der Waals surface area (Å²) in [5.74, 6) is -0.351. The van der Waals surface area contributed by atoms with E-state index in [0.717, 1.165) is 30.4 Å². The fraction of sp³-hybridized carbons (Fsp3) is 0.382. The summed E-state index contributed by atoms with van der Waals surface area (Å²) in [4.78, 5) is 99.4. The van der Waals surface area contributed by atoms with E-state index in [4.69, 9.17) is 80.1 Å². The van der Waals surface area contributed by atoms with Gasteiger partial charge in [0.25, 0.3) is 21.8 Å². The number of sulfonamides is 1. The molecule has 3 aromatic heterocycles. The Bertz CT molecular complexity index is 3700. The molecule has 0 bridgehead atoms. The van der Waals surface area contributed by atoms with Crippen LogP contribution >= 0.6 is 54.0 Å². The number of anilines is 4. The molecule has 31 nitrogen and oxygen atoms in total. The van der Waals surface area contributed by atoms with Crippen molar-refractivity contribution in [3.63, 3.8) is 0 Å². The van der Waals surface area contributed by atoms with E-state index in [1.807, 2.05) is 57.3 Å². The number of benzene rings is 3. The number of nitro benzene ring substituents is 1. The molecule has 3 aromatic carbocycles. The Hall–Kier alpha value is -8.06. The van der Waals surface area contributed by atoms with Crippen LogP contribution < -0.4 is 59.5 Å². The van der Waals surface area contributed by atoms with Gasteiger partial charge in [0.2, 0.25) is 40.6 Å². The van der Waals surface area contributed by atoms with E-state index < -0.39 is 74.9 Å². The maximum absolute atomic E-state index is 12.6. The zero-order valence-electron chi connectivity index (χ0n) is 53.3. The molecule has 4 heterocycles. The second-order valence-corrected chi connectivity index (χ2v) is 27.0. The van der Waals surface area contributed by atoms with Gasteiger partial charge in [-0.25, -0.2) is 14.5 Å². The molecule has 7 rings (SSSR count). The number of hydrogen-bond acceptors (Lipinski definition) is 24. The third-order valence-electron chi connectivity index (χ3n) is 10.5. The second kappa shape index (κ2) is 40.5. The van der Waals surface area contributed by atoms with Crippen LogP contribution in [0.4, 0.5) is 47.2 Å². The Kier molecular flexibility index (Phi) is 35.4. The molecule has 0 aliphatic carbocycles. The van der Waals surface area contributed by atoms with E-state index in [-0.39, 0.29) is 81.1 Å². The van der Waals surface area contributed by atoms with Gasteiger partial charge in [-0.15, -0.1) is 0 Å². The molecule has 2 unspecified atom stereocenters. The molecular weight excluding hydrogens is 1420 g/mol. The van der Waals surface area contributed by atoms with Crippen molar-refractivity contribution in [2.24, 2.45) is 0 Å². The average molecular weight is 1490 g/mol. The first kappa shape index (κ1) is 84.0. The number of rotatable bonds is 20. The first-order valence-corrected chi connectivity index (χ1v) is 34.7. The van der Waals surface area contributed by atoms with Gasteiger partial charge in [0.05, 0.1) is 91.3 Å². The maximum atomic E-state index is 12.6. The Balaban J connectivity index is 0.000000418. The molecular formula is C55H70Cl4F3N14O17PS2. The third kappa shape index (κ3) is 30.3. The van der Waals surface area contributed by atoms with Crippen molar-refractivity contribution >= 4 is 128 Å². The molecule has 96 heavy (non-hydrogen) atoms.